The van der Waals surface area contributed by atoms with Crippen molar-refractivity contribution in [2.75, 3.05) is 0 Å². The van der Waals surface area contributed by atoms with E-state index in [0.717, 1.165) is 11.1 Å². The molecule has 142 valence electrons. The number of halogens is 1. The van der Waals surface area contributed by atoms with Gasteiger partial charge in [-0.1, -0.05) is 35.5 Å². The minimum atomic E-state index is -0.481. The van der Waals surface area contributed by atoms with Gasteiger partial charge >= 0.3 is 0 Å². The van der Waals surface area contributed by atoms with Crippen LogP contribution >= 0.6 is 0 Å². The lowest BCUT2D eigenvalue weighted by Crippen LogP contribution is -2.44. The van der Waals surface area contributed by atoms with Crippen LogP contribution in [-0.2, 0) is 6.42 Å². The van der Waals surface area contributed by atoms with Crippen molar-refractivity contribution in [3.05, 3.63) is 88.6 Å². The van der Waals surface area contributed by atoms with Gasteiger partial charge in [0.05, 0.1) is 18.3 Å². The van der Waals surface area contributed by atoms with Crippen LogP contribution in [0.3, 0.4) is 0 Å². The van der Waals surface area contributed by atoms with Crippen LogP contribution in [0.15, 0.2) is 59.3 Å². The molecule has 1 aliphatic carbocycles. The number of carbonyl (C=O) groups is 2. The van der Waals surface area contributed by atoms with E-state index in [1.807, 2.05) is 24.3 Å². The monoisotopic (exact) mass is 379 g/mol. The van der Waals surface area contributed by atoms with Gasteiger partial charge in [0.25, 0.3) is 11.8 Å². The number of benzene rings is 2. The standard InChI is InChI=1S/C21H18FN3O3/c1-12-11-23-28-19(12)21(27)24-17-10-13-5-2-3-8-16(13)18(17)25-20(26)14-6-4-7-15(22)9-14/h2-9,11,17-18H,10H2,1H3,(H,24,27)(H,25,26)/t17-,18-/m1/s1. The van der Waals surface area contributed by atoms with Crippen molar-refractivity contribution in [2.45, 2.75) is 25.4 Å². The van der Waals surface area contributed by atoms with E-state index in [1.165, 1.54) is 24.4 Å². The molecule has 28 heavy (non-hydrogen) atoms. The van der Waals surface area contributed by atoms with Crippen LogP contribution in [0.5, 0.6) is 0 Å². The third-order valence-corrected chi connectivity index (χ3v) is 4.88. The summed E-state index contributed by atoms with van der Waals surface area (Å²) in [7, 11) is 0. The summed E-state index contributed by atoms with van der Waals surface area (Å²) >= 11 is 0. The predicted octanol–water partition coefficient (Wildman–Crippen LogP) is 2.95. The minimum absolute atomic E-state index is 0.145. The van der Waals surface area contributed by atoms with Crippen LogP contribution in [-0.4, -0.2) is 23.0 Å². The average molecular weight is 379 g/mol. The first-order chi connectivity index (χ1) is 13.5. The molecule has 0 aliphatic heterocycles. The number of rotatable bonds is 4. The van der Waals surface area contributed by atoms with Crippen molar-refractivity contribution >= 4 is 11.8 Å². The lowest BCUT2D eigenvalue weighted by atomic mass is 10.1. The van der Waals surface area contributed by atoms with Crippen molar-refractivity contribution in [2.24, 2.45) is 0 Å². The second kappa shape index (κ2) is 7.26. The van der Waals surface area contributed by atoms with Crippen LogP contribution in [0.4, 0.5) is 4.39 Å². The molecule has 1 aliphatic rings. The highest BCUT2D eigenvalue weighted by atomic mass is 19.1. The molecule has 4 rings (SSSR count). The predicted molar refractivity (Wildman–Crippen MR) is 99.2 cm³/mol. The molecule has 2 amide bonds. The Balaban J connectivity index is 1.58. The molecule has 1 aromatic heterocycles. The van der Waals surface area contributed by atoms with Crippen molar-refractivity contribution in [1.82, 2.24) is 15.8 Å². The largest absolute Gasteiger partial charge is 0.351 e. The lowest BCUT2D eigenvalue weighted by Gasteiger charge is -2.23. The number of fused-ring (bicyclic) bond motifs is 1. The number of amides is 2. The summed E-state index contributed by atoms with van der Waals surface area (Å²) in [6, 6.07) is 12.3. The van der Waals surface area contributed by atoms with E-state index in [4.69, 9.17) is 4.52 Å². The summed E-state index contributed by atoms with van der Waals surface area (Å²) in [6.07, 6.45) is 2.03. The molecule has 2 N–H and O–H groups in total. The van der Waals surface area contributed by atoms with Crippen LogP contribution in [0.1, 0.15) is 43.6 Å². The Morgan fingerprint density at radius 3 is 2.68 bits per heavy atom. The first-order valence-electron chi connectivity index (χ1n) is 8.89. The maximum Gasteiger partial charge on any atom is 0.290 e. The van der Waals surface area contributed by atoms with Crippen molar-refractivity contribution in [1.29, 1.82) is 0 Å². The summed E-state index contributed by atoms with van der Waals surface area (Å²) in [5.41, 5.74) is 2.81. The van der Waals surface area contributed by atoms with Gasteiger partial charge in [-0.2, -0.15) is 0 Å². The molecule has 0 fully saturated rings. The summed E-state index contributed by atoms with van der Waals surface area (Å²) < 4.78 is 18.5. The molecule has 6 nitrogen and oxygen atoms in total. The lowest BCUT2D eigenvalue weighted by molar-refractivity contribution is 0.0864. The minimum Gasteiger partial charge on any atom is -0.351 e. The van der Waals surface area contributed by atoms with Crippen LogP contribution in [0, 0.1) is 12.7 Å². The summed E-state index contributed by atoms with van der Waals surface area (Å²) in [5.74, 6) is -1.13. The number of nitrogens with one attached hydrogen (secondary N) is 2. The second-order valence-corrected chi connectivity index (χ2v) is 6.78. The zero-order valence-corrected chi connectivity index (χ0v) is 15.1. The highest BCUT2D eigenvalue weighted by Gasteiger charge is 2.35. The quantitative estimate of drug-likeness (QED) is 0.730. The Labute approximate surface area is 160 Å². The number of carbonyl (C=O) groups excluding carboxylic acids is 2. The number of aryl methyl sites for hydroxylation is 1. The van der Waals surface area contributed by atoms with E-state index < -0.39 is 23.7 Å². The van der Waals surface area contributed by atoms with Gasteiger partial charge in [-0.3, -0.25) is 9.59 Å². The van der Waals surface area contributed by atoms with Crippen molar-refractivity contribution in [3.8, 4) is 0 Å². The molecule has 0 bridgehead atoms. The van der Waals surface area contributed by atoms with Gasteiger partial charge in [-0.05, 0) is 42.7 Å². The molecule has 0 saturated heterocycles. The normalized spacial score (nSPS) is 17.8. The van der Waals surface area contributed by atoms with E-state index >= 15 is 0 Å². The zero-order valence-electron chi connectivity index (χ0n) is 15.1. The third kappa shape index (κ3) is 3.38. The van der Waals surface area contributed by atoms with Gasteiger partial charge in [0.2, 0.25) is 5.76 Å². The van der Waals surface area contributed by atoms with E-state index in [9.17, 15) is 14.0 Å². The number of hydrogen-bond donors (Lipinski definition) is 2. The van der Waals surface area contributed by atoms with Crippen molar-refractivity contribution < 1.29 is 18.5 Å². The number of hydrogen-bond acceptors (Lipinski definition) is 4. The van der Waals surface area contributed by atoms with Gasteiger partial charge < -0.3 is 15.2 Å². The Bertz CT molecular complexity index is 1050. The van der Waals surface area contributed by atoms with Crippen LogP contribution < -0.4 is 10.6 Å². The molecule has 0 spiro atoms. The fraction of sp³-hybridized carbons (Fsp3) is 0.190. The van der Waals surface area contributed by atoms with Crippen LogP contribution in [0.2, 0.25) is 0 Å². The van der Waals surface area contributed by atoms with E-state index in [0.29, 0.717) is 12.0 Å². The smallest absolute Gasteiger partial charge is 0.290 e. The fourth-order valence-electron chi connectivity index (χ4n) is 3.51. The second-order valence-electron chi connectivity index (χ2n) is 6.78. The molecule has 2 atom stereocenters. The molecule has 2 aromatic carbocycles. The highest BCUT2D eigenvalue weighted by molar-refractivity contribution is 5.95. The Morgan fingerprint density at radius 1 is 1.11 bits per heavy atom. The van der Waals surface area contributed by atoms with Gasteiger partial charge in [-0.25, -0.2) is 4.39 Å². The first-order valence-corrected chi connectivity index (χ1v) is 8.89. The van der Waals surface area contributed by atoms with E-state index in [1.54, 1.807) is 13.0 Å². The first kappa shape index (κ1) is 17.9. The summed E-state index contributed by atoms with van der Waals surface area (Å²) in [5, 5.41) is 9.48. The molecule has 0 saturated carbocycles. The third-order valence-electron chi connectivity index (χ3n) is 4.88. The zero-order chi connectivity index (χ0) is 19.7. The highest BCUT2D eigenvalue weighted by Crippen LogP contribution is 2.32. The van der Waals surface area contributed by atoms with E-state index in [-0.39, 0.29) is 17.4 Å². The molecule has 0 unspecified atom stereocenters. The topological polar surface area (TPSA) is 84.2 Å². The number of nitrogens with zero attached hydrogens (tertiary/aromatic N) is 1. The molecular weight excluding hydrogens is 361 g/mol. The van der Waals surface area contributed by atoms with E-state index in [2.05, 4.69) is 15.8 Å². The van der Waals surface area contributed by atoms with Gasteiger partial charge in [-0.15, -0.1) is 0 Å². The van der Waals surface area contributed by atoms with Crippen molar-refractivity contribution in [3.63, 3.8) is 0 Å². The number of aromatic nitrogens is 1. The maximum atomic E-state index is 13.5. The molecule has 3 aromatic rings. The molecule has 7 heteroatoms. The Hall–Kier alpha value is -3.48. The fourth-order valence-corrected chi connectivity index (χ4v) is 3.51. The Morgan fingerprint density at radius 2 is 1.93 bits per heavy atom. The van der Waals surface area contributed by atoms with Gasteiger partial charge in [0, 0.05) is 11.1 Å². The average Bonchev–Trinajstić information content (AvgIpc) is 3.25. The SMILES string of the molecule is Cc1cnoc1C(=O)N[C@@H]1Cc2ccccc2[C@H]1NC(=O)c1cccc(F)c1. The van der Waals surface area contributed by atoms with Gasteiger partial charge in [0.15, 0.2) is 0 Å². The molecule has 0 radical (unpaired) electrons. The molecule has 1 heterocycles. The maximum absolute atomic E-state index is 13.5. The summed E-state index contributed by atoms with van der Waals surface area (Å²) in [4.78, 5) is 25.2. The van der Waals surface area contributed by atoms with Gasteiger partial charge in [0.1, 0.15) is 5.82 Å². The summed E-state index contributed by atoms with van der Waals surface area (Å²) in [6.45, 7) is 1.73. The Kier molecular flexibility index (Phi) is 4.65. The van der Waals surface area contributed by atoms with Crippen LogP contribution in [0.25, 0.3) is 0 Å². The molecular formula is C21H18FN3O3.